The summed E-state index contributed by atoms with van der Waals surface area (Å²) in [6.45, 7) is -0.0622. The van der Waals surface area contributed by atoms with Gasteiger partial charge in [0.05, 0.1) is 10.8 Å². The van der Waals surface area contributed by atoms with Crippen LogP contribution in [0.15, 0.2) is 35.4 Å². The SMILES string of the molecule is OCC#CCSc1cc2ccccc2[nH]1. The zero-order valence-electron chi connectivity index (χ0n) is 8.16. The lowest BCUT2D eigenvalue weighted by Gasteiger charge is -1.89. The lowest BCUT2D eigenvalue weighted by Crippen LogP contribution is -1.76. The van der Waals surface area contributed by atoms with Crippen molar-refractivity contribution < 1.29 is 5.11 Å². The van der Waals surface area contributed by atoms with Crippen molar-refractivity contribution in [3.8, 4) is 11.8 Å². The quantitative estimate of drug-likeness (QED) is 0.598. The second-order valence-electron chi connectivity index (χ2n) is 3.02. The molecule has 0 atom stereocenters. The van der Waals surface area contributed by atoms with E-state index in [4.69, 9.17) is 5.11 Å². The average Bonchev–Trinajstić information content (AvgIpc) is 2.67. The first-order valence-corrected chi connectivity index (χ1v) is 5.66. The minimum atomic E-state index is -0.0622. The van der Waals surface area contributed by atoms with E-state index in [0.29, 0.717) is 5.75 Å². The maximum atomic E-state index is 8.49. The average molecular weight is 217 g/mol. The highest BCUT2D eigenvalue weighted by atomic mass is 32.2. The number of rotatable bonds is 2. The highest BCUT2D eigenvalue weighted by Gasteiger charge is 1.98. The lowest BCUT2D eigenvalue weighted by atomic mass is 10.3. The summed E-state index contributed by atoms with van der Waals surface area (Å²) in [5.41, 5.74) is 1.15. The van der Waals surface area contributed by atoms with E-state index in [9.17, 15) is 0 Å². The predicted molar refractivity (Wildman–Crippen MR) is 63.9 cm³/mol. The fourth-order valence-corrected chi connectivity index (χ4v) is 2.07. The number of fused-ring (bicyclic) bond motifs is 1. The minimum absolute atomic E-state index is 0.0622. The molecule has 0 radical (unpaired) electrons. The number of thioether (sulfide) groups is 1. The maximum absolute atomic E-state index is 8.49. The molecule has 1 aromatic carbocycles. The van der Waals surface area contributed by atoms with Gasteiger partial charge in [-0.3, -0.25) is 0 Å². The van der Waals surface area contributed by atoms with Crippen LogP contribution in [0.3, 0.4) is 0 Å². The lowest BCUT2D eigenvalue weighted by molar-refractivity contribution is 0.350. The summed E-state index contributed by atoms with van der Waals surface area (Å²) in [5.74, 6) is 6.20. The van der Waals surface area contributed by atoms with Crippen LogP contribution in [0.2, 0.25) is 0 Å². The van der Waals surface area contributed by atoms with Gasteiger partial charge in [0.25, 0.3) is 0 Å². The summed E-state index contributed by atoms with van der Waals surface area (Å²) in [5, 5.41) is 10.8. The zero-order chi connectivity index (χ0) is 10.5. The Morgan fingerprint density at radius 1 is 1.27 bits per heavy atom. The van der Waals surface area contributed by atoms with E-state index in [-0.39, 0.29) is 6.61 Å². The molecule has 2 nitrogen and oxygen atoms in total. The van der Waals surface area contributed by atoms with E-state index in [2.05, 4.69) is 35.0 Å². The third kappa shape index (κ3) is 2.56. The van der Waals surface area contributed by atoms with Crippen molar-refractivity contribution in [1.29, 1.82) is 0 Å². The van der Waals surface area contributed by atoms with E-state index >= 15 is 0 Å². The van der Waals surface area contributed by atoms with Gasteiger partial charge < -0.3 is 10.1 Å². The number of hydrogen-bond acceptors (Lipinski definition) is 2. The largest absolute Gasteiger partial charge is 0.384 e. The van der Waals surface area contributed by atoms with Gasteiger partial charge in [-0.05, 0) is 12.1 Å². The summed E-state index contributed by atoms with van der Waals surface area (Å²) in [6.07, 6.45) is 0. The molecule has 2 N–H and O–H groups in total. The molecule has 0 bridgehead atoms. The number of para-hydroxylation sites is 1. The molecule has 0 aliphatic heterocycles. The van der Waals surface area contributed by atoms with Crippen LogP contribution in [0.1, 0.15) is 0 Å². The first kappa shape index (κ1) is 10.2. The molecule has 0 unspecified atom stereocenters. The van der Waals surface area contributed by atoms with Crippen molar-refractivity contribution in [2.45, 2.75) is 5.03 Å². The summed E-state index contributed by atoms with van der Waals surface area (Å²) < 4.78 is 0. The van der Waals surface area contributed by atoms with Gasteiger partial charge in [-0.2, -0.15) is 0 Å². The number of aliphatic hydroxyl groups excluding tert-OH is 1. The smallest absolute Gasteiger partial charge is 0.104 e. The van der Waals surface area contributed by atoms with Crippen LogP contribution < -0.4 is 0 Å². The first-order chi connectivity index (χ1) is 7.40. The summed E-state index contributed by atoms with van der Waals surface area (Å²) in [4.78, 5) is 3.31. The molecule has 3 heteroatoms. The van der Waals surface area contributed by atoms with Gasteiger partial charge in [0, 0.05) is 10.9 Å². The van der Waals surface area contributed by atoms with Crippen LogP contribution in [-0.4, -0.2) is 22.5 Å². The molecule has 0 aliphatic rings. The monoisotopic (exact) mass is 217 g/mol. The molecular formula is C12H11NOS. The number of benzene rings is 1. The third-order valence-corrected chi connectivity index (χ3v) is 2.83. The van der Waals surface area contributed by atoms with Crippen LogP contribution in [0.4, 0.5) is 0 Å². The number of hydrogen-bond donors (Lipinski definition) is 2. The normalized spacial score (nSPS) is 9.93. The van der Waals surface area contributed by atoms with Crippen molar-refractivity contribution in [2.75, 3.05) is 12.4 Å². The van der Waals surface area contributed by atoms with E-state index < -0.39 is 0 Å². The molecule has 2 rings (SSSR count). The van der Waals surface area contributed by atoms with Gasteiger partial charge in [0.2, 0.25) is 0 Å². The Balaban J connectivity index is 2.09. The van der Waals surface area contributed by atoms with Crippen LogP contribution in [0, 0.1) is 11.8 Å². The molecule has 1 heterocycles. The number of aromatic nitrogens is 1. The van der Waals surface area contributed by atoms with Crippen LogP contribution >= 0.6 is 11.8 Å². The zero-order valence-corrected chi connectivity index (χ0v) is 8.97. The van der Waals surface area contributed by atoms with E-state index in [1.165, 1.54) is 5.39 Å². The molecule has 0 saturated heterocycles. The van der Waals surface area contributed by atoms with E-state index in [1.807, 2.05) is 12.1 Å². The summed E-state index contributed by atoms with van der Waals surface area (Å²) >= 11 is 1.65. The van der Waals surface area contributed by atoms with Crippen molar-refractivity contribution in [1.82, 2.24) is 4.98 Å². The highest BCUT2D eigenvalue weighted by molar-refractivity contribution is 7.99. The second-order valence-corrected chi connectivity index (χ2v) is 4.04. The van der Waals surface area contributed by atoms with Gasteiger partial charge in [-0.25, -0.2) is 0 Å². The fourth-order valence-electron chi connectivity index (χ4n) is 1.35. The van der Waals surface area contributed by atoms with Gasteiger partial charge in [-0.1, -0.05) is 41.8 Å². The maximum Gasteiger partial charge on any atom is 0.104 e. The number of H-pyrrole nitrogens is 1. The Hall–Kier alpha value is -1.37. The molecule has 0 saturated carbocycles. The van der Waals surface area contributed by atoms with Gasteiger partial charge >= 0.3 is 0 Å². The van der Waals surface area contributed by atoms with E-state index in [0.717, 1.165) is 10.5 Å². The summed E-state index contributed by atoms with van der Waals surface area (Å²) in [7, 11) is 0. The van der Waals surface area contributed by atoms with Crippen LogP contribution in [0.5, 0.6) is 0 Å². The van der Waals surface area contributed by atoms with Crippen molar-refractivity contribution in [3.63, 3.8) is 0 Å². The van der Waals surface area contributed by atoms with Crippen molar-refractivity contribution in [3.05, 3.63) is 30.3 Å². The Kier molecular flexibility index (Phi) is 3.33. The number of aliphatic hydroxyl groups is 1. The Labute approximate surface area is 92.7 Å². The van der Waals surface area contributed by atoms with E-state index in [1.54, 1.807) is 11.8 Å². The molecule has 0 aliphatic carbocycles. The molecular weight excluding hydrogens is 206 g/mol. The Bertz CT molecular complexity index is 474. The number of aromatic amines is 1. The van der Waals surface area contributed by atoms with Gasteiger partial charge in [0.15, 0.2) is 0 Å². The first-order valence-electron chi connectivity index (χ1n) is 4.67. The topological polar surface area (TPSA) is 36.0 Å². The molecule has 0 amide bonds. The molecule has 1 aromatic heterocycles. The minimum Gasteiger partial charge on any atom is -0.384 e. The van der Waals surface area contributed by atoms with Crippen LogP contribution in [-0.2, 0) is 0 Å². The van der Waals surface area contributed by atoms with Crippen molar-refractivity contribution >= 4 is 22.7 Å². The highest BCUT2D eigenvalue weighted by Crippen LogP contribution is 2.22. The molecule has 0 spiro atoms. The Morgan fingerprint density at radius 2 is 2.13 bits per heavy atom. The fraction of sp³-hybridized carbons (Fsp3) is 0.167. The van der Waals surface area contributed by atoms with Crippen molar-refractivity contribution in [2.24, 2.45) is 0 Å². The summed E-state index contributed by atoms with van der Waals surface area (Å²) in [6, 6.07) is 10.3. The standard InChI is InChI=1S/C12H11NOS/c14-7-3-4-8-15-12-9-10-5-1-2-6-11(10)13-12/h1-2,5-6,9,13-14H,7-8H2. The molecule has 76 valence electrons. The van der Waals surface area contributed by atoms with Gasteiger partial charge in [-0.15, -0.1) is 0 Å². The molecule has 2 aromatic rings. The number of nitrogens with one attached hydrogen (secondary N) is 1. The van der Waals surface area contributed by atoms with Crippen LogP contribution in [0.25, 0.3) is 10.9 Å². The second kappa shape index (κ2) is 4.92. The third-order valence-electron chi connectivity index (χ3n) is 2.01. The molecule has 0 fully saturated rings. The Morgan fingerprint density at radius 3 is 2.93 bits per heavy atom. The molecule has 15 heavy (non-hydrogen) atoms. The predicted octanol–water partition coefficient (Wildman–Crippen LogP) is 2.26. The van der Waals surface area contributed by atoms with Gasteiger partial charge in [0.1, 0.15) is 6.61 Å².